The van der Waals surface area contributed by atoms with Crippen LogP contribution in [0, 0.1) is 11.8 Å². The van der Waals surface area contributed by atoms with Gasteiger partial charge in [0.15, 0.2) is 5.96 Å². The summed E-state index contributed by atoms with van der Waals surface area (Å²) < 4.78 is 5.28. The Kier molecular flexibility index (Phi) is 10.8. The first kappa shape index (κ1) is 21.4. The molecule has 22 heavy (non-hydrogen) atoms. The van der Waals surface area contributed by atoms with Gasteiger partial charge in [0.1, 0.15) is 6.54 Å². The van der Waals surface area contributed by atoms with Crippen molar-refractivity contribution in [1.29, 1.82) is 0 Å². The summed E-state index contributed by atoms with van der Waals surface area (Å²) in [5.41, 5.74) is 0. The minimum Gasteiger partial charge on any atom is -0.383 e. The Balaban J connectivity index is 0.00000441. The molecular weight excluding hydrogens is 395 g/mol. The summed E-state index contributed by atoms with van der Waals surface area (Å²) in [6, 6.07) is 0.267. The first-order valence-electron chi connectivity index (χ1n) is 7.68. The van der Waals surface area contributed by atoms with Crippen LogP contribution in [-0.2, 0) is 9.53 Å². The van der Waals surface area contributed by atoms with E-state index in [2.05, 4.69) is 29.5 Å². The number of hydrogen-bond donors (Lipinski definition) is 2. The zero-order valence-corrected chi connectivity index (χ0v) is 16.7. The van der Waals surface area contributed by atoms with Crippen LogP contribution < -0.4 is 10.6 Å². The summed E-state index contributed by atoms with van der Waals surface area (Å²) in [6.45, 7) is 5.93. The van der Waals surface area contributed by atoms with E-state index in [-0.39, 0.29) is 42.5 Å². The van der Waals surface area contributed by atoms with Gasteiger partial charge in [0.2, 0.25) is 5.91 Å². The van der Waals surface area contributed by atoms with Crippen molar-refractivity contribution in [2.45, 2.75) is 32.7 Å². The molecule has 0 aromatic heterocycles. The molecule has 1 aliphatic carbocycles. The number of guanidine groups is 1. The zero-order valence-electron chi connectivity index (χ0n) is 14.4. The second-order valence-electron chi connectivity index (χ2n) is 6.27. The van der Waals surface area contributed by atoms with E-state index in [1.54, 1.807) is 26.1 Å². The van der Waals surface area contributed by atoms with Crippen LogP contribution in [0.3, 0.4) is 0 Å². The number of nitrogens with zero attached hydrogens (tertiary/aromatic N) is 2. The SMILES string of the molecule is COCC(NC(=NCC(=O)N(C)C)NCC(C)C)C1CC1.I. The Morgan fingerprint density at radius 2 is 2.00 bits per heavy atom. The molecule has 6 nitrogen and oxygen atoms in total. The number of aliphatic imine (C=N–C) groups is 1. The van der Waals surface area contributed by atoms with Crippen molar-refractivity contribution in [3.8, 4) is 0 Å². The van der Waals surface area contributed by atoms with Crippen molar-refractivity contribution in [2.75, 3.05) is 40.9 Å². The molecule has 1 rings (SSSR count). The van der Waals surface area contributed by atoms with Crippen LogP contribution in [0.5, 0.6) is 0 Å². The number of ether oxygens (including phenoxy) is 1. The van der Waals surface area contributed by atoms with Crippen LogP contribution in [0.1, 0.15) is 26.7 Å². The van der Waals surface area contributed by atoms with Crippen molar-refractivity contribution in [3.63, 3.8) is 0 Å². The Bertz CT molecular complexity index is 357. The molecule has 1 aliphatic rings. The molecule has 1 fully saturated rings. The maximum atomic E-state index is 11.7. The van der Waals surface area contributed by atoms with Crippen LogP contribution >= 0.6 is 24.0 Å². The standard InChI is InChI=1S/C15H30N4O2.HI/c1-11(2)8-16-15(17-9-14(20)19(3)4)18-13(10-21-5)12-6-7-12;/h11-13H,6-10H2,1-5H3,(H2,16,17,18);1H. The van der Waals surface area contributed by atoms with Gasteiger partial charge >= 0.3 is 0 Å². The molecule has 0 aliphatic heterocycles. The van der Waals surface area contributed by atoms with Gasteiger partial charge in [-0.1, -0.05) is 13.8 Å². The highest BCUT2D eigenvalue weighted by molar-refractivity contribution is 14.0. The van der Waals surface area contributed by atoms with Gasteiger partial charge in [-0.25, -0.2) is 4.99 Å². The van der Waals surface area contributed by atoms with Gasteiger partial charge < -0.3 is 20.3 Å². The van der Waals surface area contributed by atoms with E-state index >= 15 is 0 Å². The third-order valence-electron chi connectivity index (χ3n) is 3.41. The fourth-order valence-corrected chi connectivity index (χ4v) is 1.89. The molecule has 1 saturated carbocycles. The number of carbonyl (C=O) groups excluding carboxylic acids is 1. The van der Waals surface area contributed by atoms with Gasteiger partial charge in [-0.05, 0) is 24.7 Å². The van der Waals surface area contributed by atoms with Crippen molar-refractivity contribution in [3.05, 3.63) is 0 Å². The van der Waals surface area contributed by atoms with E-state index in [0.29, 0.717) is 24.4 Å². The number of hydrogen-bond acceptors (Lipinski definition) is 3. The van der Waals surface area contributed by atoms with Crippen LogP contribution in [0.15, 0.2) is 4.99 Å². The summed E-state index contributed by atoms with van der Waals surface area (Å²) >= 11 is 0. The number of rotatable bonds is 8. The monoisotopic (exact) mass is 426 g/mol. The fraction of sp³-hybridized carbons (Fsp3) is 0.867. The van der Waals surface area contributed by atoms with Crippen LogP contribution in [0.2, 0.25) is 0 Å². The van der Waals surface area contributed by atoms with E-state index in [9.17, 15) is 4.79 Å². The lowest BCUT2D eigenvalue weighted by atomic mass is 10.2. The predicted octanol–water partition coefficient (Wildman–Crippen LogP) is 1.31. The van der Waals surface area contributed by atoms with Crippen molar-refractivity contribution >= 4 is 35.8 Å². The predicted molar refractivity (Wildman–Crippen MR) is 101 cm³/mol. The molecule has 1 amide bonds. The number of halogens is 1. The molecule has 1 atom stereocenters. The lowest BCUT2D eigenvalue weighted by Crippen LogP contribution is -2.47. The van der Waals surface area contributed by atoms with Gasteiger partial charge in [-0.2, -0.15) is 0 Å². The first-order valence-corrected chi connectivity index (χ1v) is 7.68. The lowest BCUT2D eigenvalue weighted by molar-refractivity contribution is -0.127. The highest BCUT2D eigenvalue weighted by Crippen LogP contribution is 2.32. The molecule has 1 unspecified atom stereocenters. The van der Waals surface area contributed by atoms with Crippen molar-refractivity contribution in [2.24, 2.45) is 16.8 Å². The number of nitrogens with one attached hydrogen (secondary N) is 2. The average Bonchev–Trinajstić information content (AvgIpc) is 3.24. The number of methoxy groups -OCH3 is 1. The average molecular weight is 426 g/mol. The Morgan fingerprint density at radius 1 is 1.36 bits per heavy atom. The normalized spacial score (nSPS) is 16.0. The maximum absolute atomic E-state index is 11.7. The molecule has 7 heteroatoms. The molecule has 0 aromatic rings. The van der Waals surface area contributed by atoms with Gasteiger partial charge in [0.05, 0.1) is 12.6 Å². The van der Waals surface area contributed by atoms with Crippen LogP contribution in [0.4, 0.5) is 0 Å². The smallest absolute Gasteiger partial charge is 0.243 e. The second kappa shape index (κ2) is 11.0. The van der Waals surface area contributed by atoms with Gasteiger partial charge in [0.25, 0.3) is 0 Å². The minimum atomic E-state index is -0.00430. The molecule has 0 spiro atoms. The van der Waals surface area contributed by atoms with Crippen molar-refractivity contribution in [1.82, 2.24) is 15.5 Å². The molecule has 0 saturated heterocycles. The molecule has 130 valence electrons. The molecular formula is C15H31IN4O2. The van der Waals surface area contributed by atoms with Crippen molar-refractivity contribution < 1.29 is 9.53 Å². The topological polar surface area (TPSA) is 66.0 Å². The third kappa shape index (κ3) is 8.77. The summed E-state index contributed by atoms with van der Waals surface area (Å²) in [5.74, 6) is 1.87. The second-order valence-corrected chi connectivity index (χ2v) is 6.27. The molecule has 0 radical (unpaired) electrons. The Hall–Kier alpha value is -0.570. The number of likely N-dealkylation sites (N-methyl/N-ethyl adjacent to an activating group) is 1. The van der Waals surface area contributed by atoms with Crippen LogP contribution in [-0.4, -0.2) is 63.7 Å². The quantitative estimate of drug-likeness (QED) is 0.349. The Morgan fingerprint density at radius 3 is 2.45 bits per heavy atom. The van der Waals surface area contributed by atoms with Gasteiger partial charge in [-0.3, -0.25) is 4.79 Å². The van der Waals surface area contributed by atoms with Gasteiger partial charge in [0, 0.05) is 27.7 Å². The largest absolute Gasteiger partial charge is 0.383 e. The number of amides is 1. The molecule has 2 N–H and O–H groups in total. The first-order chi connectivity index (χ1) is 9.93. The fourth-order valence-electron chi connectivity index (χ4n) is 1.89. The van der Waals surface area contributed by atoms with E-state index < -0.39 is 0 Å². The summed E-state index contributed by atoms with van der Waals surface area (Å²) in [7, 11) is 5.19. The molecule has 0 aromatic carbocycles. The lowest BCUT2D eigenvalue weighted by Gasteiger charge is -2.21. The Labute approximate surface area is 151 Å². The minimum absolute atomic E-state index is 0. The van der Waals surface area contributed by atoms with E-state index in [0.717, 1.165) is 6.54 Å². The zero-order chi connectivity index (χ0) is 15.8. The highest BCUT2D eigenvalue weighted by Gasteiger charge is 2.31. The summed E-state index contributed by atoms with van der Waals surface area (Å²) in [4.78, 5) is 17.6. The summed E-state index contributed by atoms with van der Waals surface area (Å²) in [6.07, 6.45) is 2.46. The van der Waals surface area contributed by atoms with Crippen LogP contribution in [0.25, 0.3) is 0 Å². The van der Waals surface area contributed by atoms with E-state index in [4.69, 9.17) is 4.74 Å². The molecule has 0 heterocycles. The van der Waals surface area contributed by atoms with E-state index in [1.165, 1.54) is 12.8 Å². The highest BCUT2D eigenvalue weighted by atomic mass is 127. The number of carbonyl (C=O) groups is 1. The van der Waals surface area contributed by atoms with E-state index in [1.807, 2.05) is 0 Å². The molecule has 0 bridgehead atoms. The summed E-state index contributed by atoms with van der Waals surface area (Å²) in [5, 5.41) is 6.71. The maximum Gasteiger partial charge on any atom is 0.243 e. The third-order valence-corrected chi connectivity index (χ3v) is 3.41. The van der Waals surface area contributed by atoms with Gasteiger partial charge in [-0.15, -0.1) is 24.0 Å².